The molecule has 0 aliphatic heterocycles. The van der Waals surface area contributed by atoms with Crippen LogP contribution in [0.15, 0.2) is 29.4 Å². The van der Waals surface area contributed by atoms with Gasteiger partial charge in [-0.2, -0.15) is 0 Å². The SMILES string of the molecule is CCNC(=NCc1ccc(F)c(COC)c1)NCc1ncc(CC)s1. The van der Waals surface area contributed by atoms with Gasteiger partial charge in [0.05, 0.1) is 19.7 Å². The summed E-state index contributed by atoms with van der Waals surface area (Å²) in [6.07, 6.45) is 2.92. The van der Waals surface area contributed by atoms with Crippen molar-refractivity contribution < 1.29 is 9.13 Å². The molecule has 136 valence electrons. The topological polar surface area (TPSA) is 58.5 Å². The average molecular weight is 364 g/mol. The second-order valence-electron chi connectivity index (χ2n) is 5.48. The van der Waals surface area contributed by atoms with Gasteiger partial charge < -0.3 is 15.4 Å². The summed E-state index contributed by atoms with van der Waals surface area (Å²) in [6, 6.07) is 5.00. The molecule has 0 unspecified atom stereocenters. The number of aliphatic imine (C=N–C) groups is 1. The zero-order valence-corrected chi connectivity index (χ0v) is 15.8. The number of nitrogens with one attached hydrogen (secondary N) is 2. The number of thiazole rings is 1. The van der Waals surface area contributed by atoms with Crippen LogP contribution < -0.4 is 10.6 Å². The van der Waals surface area contributed by atoms with E-state index in [1.165, 1.54) is 10.9 Å². The number of methoxy groups -OCH3 is 1. The molecular formula is C18H25FN4OS. The van der Waals surface area contributed by atoms with Crippen molar-refractivity contribution in [2.45, 2.75) is 40.0 Å². The molecule has 1 aromatic heterocycles. The van der Waals surface area contributed by atoms with E-state index < -0.39 is 0 Å². The maximum Gasteiger partial charge on any atom is 0.191 e. The molecule has 5 nitrogen and oxygen atoms in total. The standard InChI is InChI=1S/C18H25FN4OS/c1-4-15-10-21-17(25-15)11-23-18(20-5-2)22-9-13-6-7-16(19)14(8-13)12-24-3/h6-8,10H,4-5,9,11-12H2,1-3H3,(H2,20,22,23). The minimum atomic E-state index is -0.255. The second kappa shape index (κ2) is 10.1. The normalized spacial score (nSPS) is 11.6. The molecule has 0 saturated carbocycles. The van der Waals surface area contributed by atoms with Crippen LogP contribution >= 0.6 is 11.3 Å². The molecule has 0 aliphatic carbocycles. The van der Waals surface area contributed by atoms with Gasteiger partial charge in [-0.15, -0.1) is 11.3 Å². The highest BCUT2D eigenvalue weighted by atomic mass is 32.1. The number of aryl methyl sites for hydroxylation is 1. The number of nitrogens with zero attached hydrogens (tertiary/aromatic N) is 2. The first-order valence-corrected chi connectivity index (χ1v) is 9.19. The van der Waals surface area contributed by atoms with Crippen molar-refractivity contribution in [2.75, 3.05) is 13.7 Å². The number of benzene rings is 1. The van der Waals surface area contributed by atoms with Gasteiger partial charge in [0.15, 0.2) is 5.96 Å². The number of halogens is 1. The van der Waals surface area contributed by atoms with Crippen molar-refractivity contribution in [3.8, 4) is 0 Å². The first-order valence-electron chi connectivity index (χ1n) is 8.38. The van der Waals surface area contributed by atoms with Crippen LogP contribution in [-0.4, -0.2) is 24.6 Å². The smallest absolute Gasteiger partial charge is 0.191 e. The molecule has 0 spiro atoms. The van der Waals surface area contributed by atoms with Gasteiger partial charge in [-0.1, -0.05) is 13.0 Å². The van der Waals surface area contributed by atoms with E-state index in [0.717, 1.165) is 23.5 Å². The maximum absolute atomic E-state index is 13.7. The number of ether oxygens (including phenoxy) is 1. The van der Waals surface area contributed by atoms with Crippen LogP contribution in [0.1, 0.15) is 34.9 Å². The van der Waals surface area contributed by atoms with Crippen molar-refractivity contribution >= 4 is 17.3 Å². The fourth-order valence-electron chi connectivity index (χ4n) is 2.26. The predicted molar refractivity (Wildman–Crippen MR) is 100 cm³/mol. The summed E-state index contributed by atoms with van der Waals surface area (Å²) in [6.45, 7) is 6.26. The fourth-order valence-corrected chi connectivity index (χ4v) is 3.06. The van der Waals surface area contributed by atoms with Gasteiger partial charge in [0, 0.05) is 30.3 Å². The Labute approximate surface area is 152 Å². The molecule has 0 aliphatic rings. The lowest BCUT2D eigenvalue weighted by atomic mass is 10.1. The van der Waals surface area contributed by atoms with Crippen LogP contribution in [0.3, 0.4) is 0 Å². The number of guanidine groups is 1. The monoisotopic (exact) mass is 364 g/mol. The number of rotatable bonds is 8. The number of hydrogen-bond acceptors (Lipinski definition) is 4. The largest absolute Gasteiger partial charge is 0.380 e. The van der Waals surface area contributed by atoms with E-state index in [1.807, 2.05) is 13.1 Å². The van der Waals surface area contributed by atoms with E-state index in [4.69, 9.17) is 4.74 Å². The van der Waals surface area contributed by atoms with Crippen molar-refractivity contribution in [2.24, 2.45) is 4.99 Å². The summed E-state index contributed by atoms with van der Waals surface area (Å²) < 4.78 is 18.7. The molecule has 1 aromatic carbocycles. The van der Waals surface area contributed by atoms with Gasteiger partial charge >= 0.3 is 0 Å². The van der Waals surface area contributed by atoms with Crippen LogP contribution in [0.4, 0.5) is 4.39 Å². The van der Waals surface area contributed by atoms with E-state index in [1.54, 1.807) is 30.6 Å². The molecule has 0 amide bonds. The summed E-state index contributed by atoms with van der Waals surface area (Å²) in [7, 11) is 1.56. The van der Waals surface area contributed by atoms with Gasteiger partial charge in [-0.25, -0.2) is 14.4 Å². The molecule has 2 N–H and O–H groups in total. The molecule has 7 heteroatoms. The summed E-state index contributed by atoms with van der Waals surface area (Å²) in [5, 5.41) is 7.53. The molecule has 0 radical (unpaired) electrons. The van der Waals surface area contributed by atoms with Crippen molar-refractivity contribution in [1.29, 1.82) is 0 Å². The lowest BCUT2D eigenvalue weighted by Crippen LogP contribution is -2.36. The quantitative estimate of drug-likeness (QED) is 0.558. The van der Waals surface area contributed by atoms with Crippen LogP contribution in [0.2, 0.25) is 0 Å². The van der Waals surface area contributed by atoms with Crippen LogP contribution in [-0.2, 0) is 30.9 Å². The third kappa shape index (κ3) is 6.10. The van der Waals surface area contributed by atoms with Crippen LogP contribution in [0, 0.1) is 5.82 Å². The Hall–Kier alpha value is -1.99. The van der Waals surface area contributed by atoms with Gasteiger partial charge in [0.1, 0.15) is 10.8 Å². The molecule has 2 aromatic rings. The summed E-state index contributed by atoms with van der Waals surface area (Å²) in [5.41, 5.74) is 1.48. The Kier molecular flexibility index (Phi) is 7.81. The third-order valence-corrected chi connectivity index (χ3v) is 4.67. The van der Waals surface area contributed by atoms with E-state index in [9.17, 15) is 4.39 Å². The minimum absolute atomic E-state index is 0.255. The third-order valence-electron chi connectivity index (χ3n) is 3.53. The van der Waals surface area contributed by atoms with Crippen LogP contribution in [0.25, 0.3) is 0 Å². The zero-order chi connectivity index (χ0) is 18.1. The van der Waals surface area contributed by atoms with E-state index >= 15 is 0 Å². The van der Waals surface area contributed by atoms with Gasteiger partial charge in [-0.05, 0) is 31.0 Å². The molecule has 25 heavy (non-hydrogen) atoms. The molecule has 1 heterocycles. The first-order chi connectivity index (χ1) is 12.2. The molecule has 2 rings (SSSR count). The summed E-state index contributed by atoms with van der Waals surface area (Å²) in [4.78, 5) is 10.2. The van der Waals surface area contributed by atoms with E-state index in [-0.39, 0.29) is 12.4 Å². The number of hydrogen-bond donors (Lipinski definition) is 2. The Balaban J connectivity index is 1.99. The van der Waals surface area contributed by atoms with Gasteiger partial charge in [-0.3, -0.25) is 0 Å². The molecule has 0 saturated heterocycles. The van der Waals surface area contributed by atoms with Crippen LogP contribution in [0.5, 0.6) is 0 Å². The Bertz CT molecular complexity index is 702. The summed E-state index contributed by atoms with van der Waals surface area (Å²) >= 11 is 1.70. The lowest BCUT2D eigenvalue weighted by molar-refractivity contribution is 0.181. The Morgan fingerprint density at radius 2 is 2.16 bits per heavy atom. The van der Waals surface area contributed by atoms with E-state index in [2.05, 4.69) is 27.5 Å². The minimum Gasteiger partial charge on any atom is -0.380 e. The predicted octanol–water partition coefficient (Wildman–Crippen LogP) is 3.25. The summed E-state index contributed by atoms with van der Waals surface area (Å²) in [5.74, 6) is 0.462. The molecular weight excluding hydrogens is 339 g/mol. The van der Waals surface area contributed by atoms with Gasteiger partial charge in [0.25, 0.3) is 0 Å². The average Bonchev–Trinajstić information content (AvgIpc) is 3.08. The Morgan fingerprint density at radius 3 is 2.84 bits per heavy atom. The van der Waals surface area contributed by atoms with Gasteiger partial charge in [0.2, 0.25) is 0 Å². The highest BCUT2D eigenvalue weighted by Gasteiger charge is 2.05. The first kappa shape index (κ1) is 19.3. The van der Waals surface area contributed by atoms with Crippen molar-refractivity contribution in [3.63, 3.8) is 0 Å². The highest BCUT2D eigenvalue weighted by molar-refractivity contribution is 7.11. The Morgan fingerprint density at radius 1 is 1.32 bits per heavy atom. The second-order valence-corrected chi connectivity index (χ2v) is 6.68. The maximum atomic E-state index is 13.7. The van der Waals surface area contributed by atoms with Crippen molar-refractivity contribution in [3.05, 3.63) is 51.2 Å². The molecule has 0 fully saturated rings. The molecule has 0 bridgehead atoms. The lowest BCUT2D eigenvalue weighted by Gasteiger charge is -2.10. The van der Waals surface area contributed by atoms with E-state index in [0.29, 0.717) is 24.6 Å². The zero-order valence-electron chi connectivity index (χ0n) is 14.9. The fraction of sp³-hybridized carbons (Fsp3) is 0.444. The van der Waals surface area contributed by atoms with Crippen molar-refractivity contribution in [1.82, 2.24) is 15.6 Å². The highest BCUT2D eigenvalue weighted by Crippen LogP contribution is 2.14. The molecule has 0 atom stereocenters. The number of aromatic nitrogens is 1.